The molecule has 4 aromatic heterocycles. The number of carbonyl (C=O) groups excluding carboxylic acids is 2. The highest BCUT2D eigenvalue weighted by atomic mass is 31.1. The first-order valence-electron chi connectivity index (χ1n) is 15.8. The van der Waals surface area contributed by atoms with E-state index in [0.717, 1.165) is 0 Å². The molecule has 4 N–H and O–H groups in total. The summed E-state index contributed by atoms with van der Waals surface area (Å²) in [4.78, 5) is 72.5. The van der Waals surface area contributed by atoms with Crippen LogP contribution < -0.4 is 30.8 Å². The van der Waals surface area contributed by atoms with Crippen molar-refractivity contribution < 1.29 is 23.2 Å². The van der Waals surface area contributed by atoms with Crippen LogP contribution in [0.25, 0.3) is 23.0 Å². The normalized spacial score (nSPS) is 11.9. The van der Waals surface area contributed by atoms with Gasteiger partial charge in [0.05, 0.1) is 12.1 Å². The van der Waals surface area contributed by atoms with Gasteiger partial charge in [0.1, 0.15) is 22.5 Å². The maximum atomic E-state index is 12.8. The lowest BCUT2D eigenvalue weighted by molar-refractivity contribution is 0.0929. The van der Waals surface area contributed by atoms with Gasteiger partial charge in [-0.05, 0) is 73.5 Å². The number of rotatable bonds is 12. The molecule has 2 aromatic carbocycles. The molecule has 4 heterocycles. The van der Waals surface area contributed by atoms with Crippen molar-refractivity contribution in [3.63, 3.8) is 0 Å². The molecule has 2 atom stereocenters. The lowest BCUT2D eigenvalue weighted by Crippen LogP contribution is -2.32. The van der Waals surface area contributed by atoms with Crippen LogP contribution in [0.4, 0.5) is 0 Å². The summed E-state index contributed by atoms with van der Waals surface area (Å²) in [5, 5.41) is 5.53. The molecule has 0 spiro atoms. The SMILES string of the molecule is C[C@H](NC(=O)c1cnc(-c2ccccn2)[nH]c1=O)c1ccc(O[P+](=O)Oc2ccc([C@H](C)NC(=O)c3cnc(-c4ccccn4)[nH]c3=O)cc2)cc1. The summed E-state index contributed by atoms with van der Waals surface area (Å²) in [6, 6.07) is 22.4. The Hall–Kier alpha value is -6.86. The van der Waals surface area contributed by atoms with Crippen molar-refractivity contribution in [2.45, 2.75) is 25.9 Å². The van der Waals surface area contributed by atoms with E-state index in [9.17, 15) is 23.7 Å². The topological polar surface area (TPSA) is 211 Å². The minimum Gasteiger partial charge on any atom is -0.345 e. The maximum Gasteiger partial charge on any atom is 0.805 e. The number of H-pyrrole nitrogens is 2. The van der Waals surface area contributed by atoms with Gasteiger partial charge in [-0.25, -0.2) is 19.0 Å². The number of aromatic amines is 2. The first-order valence-corrected chi connectivity index (χ1v) is 16.9. The molecule has 0 fully saturated rings. The van der Waals surface area contributed by atoms with Crippen LogP contribution in [0.15, 0.2) is 119 Å². The van der Waals surface area contributed by atoms with Gasteiger partial charge in [0.25, 0.3) is 22.9 Å². The van der Waals surface area contributed by atoms with Gasteiger partial charge in [-0.1, -0.05) is 36.4 Å². The highest BCUT2D eigenvalue weighted by Crippen LogP contribution is 2.32. The van der Waals surface area contributed by atoms with E-state index in [1.54, 1.807) is 111 Å². The van der Waals surface area contributed by atoms with E-state index in [4.69, 9.17) is 9.05 Å². The van der Waals surface area contributed by atoms with Crippen molar-refractivity contribution in [2.24, 2.45) is 0 Å². The molecular formula is C36H30N8O7P+. The Morgan fingerprint density at radius 1 is 0.615 bits per heavy atom. The van der Waals surface area contributed by atoms with E-state index in [2.05, 4.69) is 40.5 Å². The molecule has 52 heavy (non-hydrogen) atoms. The molecular weight excluding hydrogens is 687 g/mol. The van der Waals surface area contributed by atoms with Gasteiger partial charge in [-0.2, -0.15) is 0 Å². The molecule has 15 nitrogen and oxygen atoms in total. The number of benzene rings is 2. The molecule has 0 aliphatic rings. The van der Waals surface area contributed by atoms with Crippen LogP contribution in [0.1, 0.15) is 57.8 Å². The smallest absolute Gasteiger partial charge is 0.345 e. The number of carbonyl (C=O) groups is 2. The summed E-state index contributed by atoms with van der Waals surface area (Å²) in [5.41, 5.74) is 0.849. The van der Waals surface area contributed by atoms with E-state index >= 15 is 0 Å². The molecule has 0 aliphatic carbocycles. The van der Waals surface area contributed by atoms with Crippen LogP contribution >= 0.6 is 8.25 Å². The Morgan fingerprint density at radius 2 is 1.02 bits per heavy atom. The van der Waals surface area contributed by atoms with E-state index in [1.165, 1.54) is 12.4 Å². The zero-order valence-corrected chi connectivity index (χ0v) is 28.5. The summed E-state index contributed by atoms with van der Waals surface area (Å²) in [6.45, 7) is 3.49. The Kier molecular flexibility index (Phi) is 10.6. The lowest BCUT2D eigenvalue weighted by Gasteiger charge is -2.14. The third kappa shape index (κ3) is 8.46. The van der Waals surface area contributed by atoms with Crippen LogP contribution in [0.5, 0.6) is 11.5 Å². The fraction of sp³-hybridized carbons (Fsp3) is 0.111. The second-order valence-electron chi connectivity index (χ2n) is 11.3. The Morgan fingerprint density at radius 3 is 1.37 bits per heavy atom. The predicted molar refractivity (Wildman–Crippen MR) is 190 cm³/mol. The van der Waals surface area contributed by atoms with E-state index in [0.29, 0.717) is 22.5 Å². The lowest BCUT2D eigenvalue weighted by atomic mass is 10.1. The van der Waals surface area contributed by atoms with Gasteiger partial charge < -0.3 is 20.6 Å². The zero-order chi connectivity index (χ0) is 36.6. The third-order valence-corrected chi connectivity index (χ3v) is 8.44. The monoisotopic (exact) mass is 717 g/mol. The predicted octanol–water partition coefficient (Wildman–Crippen LogP) is 5.07. The van der Waals surface area contributed by atoms with Crippen LogP contribution in [0.2, 0.25) is 0 Å². The number of amides is 2. The minimum absolute atomic E-state index is 0.148. The van der Waals surface area contributed by atoms with Gasteiger partial charge in [0.2, 0.25) is 0 Å². The summed E-state index contributed by atoms with van der Waals surface area (Å²) in [6.07, 6.45) is 5.55. The standard InChI is InChI=1S/C36H29N8O7P/c1-21(41-33(45)27-19-39-31(43-35(27)47)29-7-3-5-17-37-29)23-9-13-25(14-10-23)50-52(49)51-26-15-11-24(12-16-26)22(2)42-34(46)28-20-40-32(44-36(28)48)30-8-4-6-18-38-30/h3-22H,1-2H3,(H3-,39,40,41,42,43,44,45,46,47,48)/p+1/t21-,22-/m0/s1. The summed E-state index contributed by atoms with van der Waals surface area (Å²) >= 11 is 0. The average molecular weight is 718 g/mol. The Bertz CT molecular complexity index is 2170. The fourth-order valence-corrected chi connectivity index (χ4v) is 5.55. The van der Waals surface area contributed by atoms with Crippen LogP contribution in [0.3, 0.4) is 0 Å². The van der Waals surface area contributed by atoms with E-state index < -0.39 is 43.3 Å². The summed E-state index contributed by atoms with van der Waals surface area (Å²) < 4.78 is 23.5. The van der Waals surface area contributed by atoms with Crippen molar-refractivity contribution in [1.29, 1.82) is 0 Å². The molecule has 0 aliphatic heterocycles. The molecule has 0 unspecified atom stereocenters. The van der Waals surface area contributed by atoms with Gasteiger partial charge in [0, 0.05) is 29.4 Å². The quantitative estimate of drug-likeness (QED) is 0.123. The molecule has 6 rings (SSSR count). The molecule has 0 bridgehead atoms. The number of nitrogens with one attached hydrogen (secondary N) is 4. The van der Waals surface area contributed by atoms with Crippen molar-refractivity contribution in [3.8, 4) is 34.5 Å². The Labute approximate surface area is 296 Å². The Balaban J connectivity index is 0.987. The molecule has 16 heteroatoms. The average Bonchev–Trinajstić information content (AvgIpc) is 3.15. The first kappa shape index (κ1) is 35.0. The largest absolute Gasteiger partial charge is 0.805 e. The molecule has 0 saturated carbocycles. The van der Waals surface area contributed by atoms with Crippen LogP contribution in [0, 0.1) is 0 Å². The van der Waals surface area contributed by atoms with Gasteiger partial charge in [-0.3, -0.25) is 29.1 Å². The summed E-state index contributed by atoms with van der Waals surface area (Å²) in [7, 11) is -2.61. The second kappa shape index (κ2) is 15.8. The number of pyridine rings is 2. The third-order valence-electron chi connectivity index (χ3n) is 7.72. The number of hydrogen-bond donors (Lipinski definition) is 4. The highest BCUT2D eigenvalue weighted by Gasteiger charge is 2.25. The molecule has 6 aromatic rings. The van der Waals surface area contributed by atoms with Gasteiger partial charge in [0.15, 0.2) is 23.1 Å². The maximum absolute atomic E-state index is 12.8. The van der Waals surface area contributed by atoms with Crippen molar-refractivity contribution >= 4 is 20.1 Å². The van der Waals surface area contributed by atoms with Crippen LogP contribution in [-0.2, 0) is 4.57 Å². The molecule has 260 valence electrons. The van der Waals surface area contributed by atoms with Crippen molar-refractivity contribution in [2.75, 3.05) is 0 Å². The van der Waals surface area contributed by atoms with E-state index in [1.807, 2.05) is 0 Å². The summed E-state index contributed by atoms with van der Waals surface area (Å²) in [5.74, 6) is -0.183. The highest BCUT2D eigenvalue weighted by molar-refractivity contribution is 7.34. The van der Waals surface area contributed by atoms with Crippen molar-refractivity contribution in [3.05, 3.63) is 153 Å². The number of nitrogens with zero attached hydrogens (tertiary/aromatic N) is 4. The van der Waals surface area contributed by atoms with Gasteiger partial charge >= 0.3 is 8.25 Å². The molecule has 0 radical (unpaired) electrons. The van der Waals surface area contributed by atoms with Gasteiger partial charge in [-0.15, -0.1) is 0 Å². The number of hydrogen-bond acceptors (Lipinski definition) is 11. The first-order chi connectivity index (χ1) is 25.1. The second-order valence-corrected chi connectivity index (χ2v) is 12.1. The molecule has 0 saturated heterocycles. The fourth-order valence-electron chi connectivity index (χ4n) is 4.92. The van der Waals surface area contributed by atoms with Crippen molar-refractivity contribution in [1.82, 2.24) is 40.5 Å². The molecule has 2 amide bonds. The number of aromatic nitrogens is 6. The van der Waals surface area contributed by atoms with Crippen LogP contribution in [-0.4, -0.2) is 41.7 Å². The minimum atomic E-state index is -2.61. The zero-order valence-electron chi connectivity index (χ0n) is 27.6. The van der Waals surface area contributed by atoms with E-state index in [-0.39, 0.29) is 34.3 Å².